The summed E-state index contributed by atoms with van der Waals surface area (Å²) in [5.74, 6) is -0.229. The van der Waals surface area contributed by atoms with E-state index in [4.69, 9.17) is 4.74 Å². The van der Waals surface area contributed by atoms with E-state index in [1.165, 1.54) is 44.9 Å². The lowest BCUT2D eigenvalue weighted by Crippen LogP contribution is -2.38. The number of nitrogens with zero attached hydrogens (tertiary/aromatic N) is 1. The Hall–Kier alpha value is -1.30. The summed E-state index contributed by atoms with van der Waals surface area (Å²) in [4.78, 5) is 25.9. The highest BCUT2D eigenvalue weighted by Gasteiger charge is 2.20. The summed E-state index contributed by atoms with van der Waals surface area (Å²) in [5.41, 5.74) is 0.682. The number of amides is 1. The number of ether oxygens (including phenoxy) is 1. The van der Waals surface area contributed by atoms with Gasteiger partial charge in [-0.15, -0.1) is 17.0 Å². The fourth-order valence-electron chi connectivity index (χ4n) is 3.14. The highest BCUT2D eigenvalue weighted by Crippen LogP contribution is 2.14. The van der Waals surface area contributed by atoms with Crippen LogP contribution in [-0.4, -0.2) is 36.1 Å². The molecule has 1 unspecified atom stereocenters. The molecule has 6 heteroatoms. The predicted molar refractivity (Wildman–Crippen MR) is 120 cm³/mol. The van der Waals surface area contributed by atoms with Gasteiger partial charge in [0.25, 0.3) is 0 Å². The number of halogens is 1. The van der Waals surface area contributed by atoms with Crippen molar-refractivity contribution >= 4 is 28.9 Å². The molecule has 1 N–H and O–H groups in total. The van der Waals surface area contributed by atoms with Gasteiger partial charge in [0.2, 0.25) is 5.91 Å². The Morgan fingerprint density at radius 1 is 1.07 bits per heavy atom. The van der Waals surface area contributed by atoms with Crippen molar-refractivity contribution < 1.29 is 14.3 Å². The van der Waals surface area contributed by atoms with Gasteiger partial charge in [-0.2, -0.15) is 0 Å². The van der Waals surface area contributed by atoms with Gasteiger partial charge < -0.3 is 15.0 Å². The third-order valence-electron chi connectivity index (χ3n) is 4.81. The Kier molecular flexibility index (Phi) is 15.9. The van der Waals surface area contributed by atoms with Gasteiger partial charge >= 0.3 is 5.97 Å². The number of hydrogen-bond donors (Lipinski definition) is 1. The van der Waals surface area contributed by atoms with E-state index in [9.17, 15) is 9.59 Å². The molecule has 1 heterocycles. The molecule has 0 aromatic heterocycles. The molecule has 1 aliphatic heterocycles. The van der Waals surface area contributed by atoms with Crippen LogP contribution in [0.1, 0.15) is 85.0 Å². The third kappa shape index (κ3) is 11.5. The van der Waals surface area contributed by atoms with Gasteiger partial charge in [-0.1, -0.05) is 64.4 Å². The maximum atomic E-state index is 12.1. The minimum atomic E-state index is -0.370. The molecular weight excluding hydrogens is 420 g/mol. The quantitative estimate of drug-likeness (QED) is 0.284. The van der Waals surface area contributed by atoms with Crippen LogP contribution in [0.15, 0.2) is 23.9 Å². The smallest absolute Gasteiger partial charge is 0.307 e. The molecule has 0 spiro atoms. The van der Waals surface area contributed by atoms with E-state index in [0.29, 0.717) is 25.1 Å². The molecule has 1 atom stereocenters. The third-order valence-corrected chi connectivity index (χ3v) is 4.81. The second-order valence-electron chi connectivity index (χ2n) is 7.23. The van der Waals surface area contributed by atoms with E-state index in [1.54, 1.807) is 6.08 Å². The topological polar surface area (TPSA) is 58.6 Å². The lowest BCUT2D eigenvalue weighted by Gasteiger charge is -2.29. The number of rotatable bonds is 14. The van der Waals surface area contributed by atoms with Crippen LogP contribution in [0, 0.1) is 0 Å². The molecule has 5 nitrogen and oxygen atoms in total. The van der Waals surface area contributed by atoms with Crippen LogP contribution in [0.5, 0.6) is 0 Å². The van der Waals surface area contributed by atoms with Crippen molar-refractivity contribution in [1.82, 2.24) is 10.2 Å². The first-order valence-electron chi connectivity index (χ1n) is 10.7. The summed E-state index contributed by atoms with van der Waals surface area (Å²) < 4.78 is 5.53. The number of carbonyl (C=O) groups is 2. The molecule has 162 valence electrons. The Bertz CT molecular complexity index is 506. The normalized spacial score (nSPS) is 14.1. The summed E-state index contributed by atoms with van der Waals surface area (Å²) in [6.07, 6.45) is 16.7. The zero-order chi connectivity index (χ0) is 19.9. The van der Waals surface area contributed by atoms with Gasteiger partial charge in [-0.25, -0.2) is 0 Å². The summed E-state index contributed by atoms with van der Waals surface area (Å²) >= 11 is 0. The molecule has 0 radical (unpaired) electrons. The number of esters is 1. The van der Waals surface area contributed by atoms with Crippen molar-refractivity contribution in [1.29, 1.82) is 0 Å². The van der Waals surface area contributed by atoms with Gasteiger partial charge in [0, 0.05) is 24.7 Å². The van der Waals surface area contributed by atoms with Gasteiger partial charge in [0.05, 0.1) is 6.54 Å². The molecule has 0 saturated carbocycles. The summed E-state index contributed by atoms with van der Waals surface area (Å²) in [6.45, 7) is 7.03. The van der Waals surface area contributed by atoms with Crippen molar-refractivity contribution in [2.75, 3.05) is 13.1 Å². The van der Waals surface area contributed by atoms with E-state index in [1.807, 2.05) is 31.0 Å². The van der Waals surface area contributed by atoms with E-state index in [2.05, 4.69) is 12.2 Å². The molecule has 0 fully saturated rings. The zero-order valence-corrected chi connectivity index (χ0v) is 19.6. The Labute approximate surface area is 181 Å². The molecule has 28 heavy (non-hydrogen) atoms. The molecule has 0 aromatic rings. The van der Waals surface area contributed by atoms with E-state index in [-0.39, 0.29) is 35.1 Å². The monoisotopic (exact) mass is 458 g/mol. The van der Waals surface area contributed by atoms with Crippen molar-refractivity contribution in [3.05, 3.63) is 23.9 Å². The Morgan fingerprint density at radius 3 is 2.29 bits per heavy atom. The number of carbonyl (C=O) groups excluding carboxylic acids is 2. The van der Waals surface area contributed by atoms with Crippen LogP contribution >= 0.6 is 17.0 Å². The van der Waals surface area contributed by atoms with Crippen molar-refractivity contribution in [2.24, 2.45) is 0 Å². The van der Waals surface area contributed by atoms with Gasteiger partial charge in [0.15, 0.2) is 6.23 Å². The molecule has 0 saturated heterocycles. The average molecular weight is 459 g/mol. The predicted octanol–water partition coefficient (Wildman–Crippen LogP) is 5.27. The van der Waals surface area contributed by atoms with E-state index < -0.39 is 0 Å². The second-order valence-corrected chi connectivity index (χ2v) is 7.23. The fraction of sp³-hybridized carbons (Fsp3) is 0.727. The largest absolute Gasteiger partial charge is 0.442 e. The molecule has 1 rings (SSSR count). The van der Waals surface area contributed by atoms with Crippen molar-refractivity contribution in [3.63, 3.8) is 0 Å². The van der Waals surface area contributed by atoms with Gasteiger partial charge in [-0.3, -0.25) is 9.59 Å². The Morgan fingerprint density at radius 2 is 1.68 bits per heavy atom. The maximum Gasteiger partial charge on any atom is 0.307 e. The summed E-state index contributed by atoms with van der Waals surface area (Å²) in [6, 6.07) is 0. The first kappa shape index (κ1) is 26.7. The van der Waals surface area contributed by atoms with Crippen LogP contribution in [0.4, 0.5) is 0 Å². The molecule has 0 bridgehead atoms. The van der Waals surface area contributed by atoms with Crippen LogP contribution in [0.2, 0.25) is 0 Å². The molecule has 1 aliphatic rings. The molecule has 1 amide bonds. The van der Waals surface area contributed by atoms with Gasteiger partial charge in [-0.05, 0) is 26.3 Å². The first-order valence-corrected chi connectivity index (χ1v) is 10.7. The van der Waals surface area contributed by atoms with E-state index >= 15 is 0 Å². The van der Waals surface area contributed by atoms with Crippen LogP contribution in [0.3, 0.4) is 0 Å². The zero-order valence-electron chi connectivity index (χ0n) is 17.9. The summed E-state index contributed by atoms with van der Waals surface area (Å²) in [7, 11) is 0. The number of allylic oxidation sites excluding steroid dienone is 2. The maximum absolute atomic E-state index is 12.1. The number of likely N-dealkylation sites (N-methyl/N-ethyl adjacent to an activating group) is 1. The number of hydrogen-bond acceptors (Lipinski definition) is 4. The highest BCUT2D eigenvalue weighted by atomic mass is 79.9. The van der Waals surface area contributed by atoms with Gasteiger partial charge in [0.1, 0.15) is 0 Å². The highest BCUT2D eigenvalue weighted by molar-refractivity contribution is 8.93. The number of unbranched alkanes of at least 4 members (excludes halogenated alkanes) is 8. The standard InChI is InChI=1S/C22H38N2O3.BrH/c1-4-6-7-8-9-10-11-12-13-16-21(25)27-19(3)24-17-14-15-20(18-24)22(26)23-5-2;/h14-15,17,19H,4-13,16,18H2,1-3H3,(H,23,26);1H. The second kappa shape index (κ2) is 16.6. The number of nitrogens with one attached hydrogen (secondary N) is 1. The summed E-state index contributed by atoms with van der Waals surface area (Å²) in [5, 5.41) is 2.80. The molecule has 0 aliphatic carbocycles. The van der Waals surface area contributed by atoms with Crippen LogP contribution in [0.25, 0.3) is 0 Å². The minimum Gasteiger partial charge on any atom is -0.442 e. The Balaban J connectivity index is 0.00000729. The first-order chi connectivity index (χ1) is 13.1. The van der Waals surface area contributed by atoms with Crippen LogP contribution in [-0.2, 0) is 14.3 Å². The van der Waals surface area contributed by atoms with Crippen molar-refractivity contribution in [3.8, 4) is 0 Å². The SMILES string of the molecule is Br.CCCCCCCCCCCC(=O)OC(C)N1C=CC=C(C(=O)NCC)C1. The lowest BCUT2D eigenvalue weighted by atomic mass is 10.1. The molecule has 0 aromatic carbocycles. The lowest BCUT2D eigenvalue weighted by molar-refractivity contribution is -0.155. The minimum absolute atomic E-state index is 0. The van der Waals surface area contributed by atoms with Crippen molar-refractivity contribution in [2.45, 2.75) is 91.2 Å². The van der Waals surface area contributed by atoms with E-state index in [0.717, 1.165) is 12.8 Å². The average Bonchev–Trinajstić information content (AvgIpc) is 2.67. The fourth-order valence-corrected chi connectivity index (χ4v) is 3.14. The van der Waals surface area contributed by atoms with Crippen LogP contribution < -0.4 is 5.32 Å². The molecular formula is C22H39BrN2O3.